The van der Waals surface area contributed by atoms with Crippen LogP contribution in [0.1, 0.15) is 28.8 Å². The molecule has 0 unspecified atom stereocenters. The molecular formula is C19H17FO3. The minimum Gasteiger partial charge on any atom is -0.462 e. The number of rotatable bonds is 7. The number of hydrogen-bond acceptors (Lipinski definition) is 3. The number of hydrogen-bond donors (Lipinski definition) is 0. The fraction of sp³-hybridized carbons (Fsp3) is 0.158. The van der Waals surface area contributed by atoms with Gasteiger partial charge in [0.1, 0.15) is 5.82 Å². The molecule has 0 radical (unpaired) electrons. The molecule has 2 aromatic carbocycles. The first-order chi connectivity index (χ1) is 11.1. The number of halogens is 1. The minimum atomic E-state index is -0.389. The van der Waals surface area contributed by atoms with Crippen molar-refractivity contribution in [1.29, 1.82) is 0 Å². The Bertz CT molecular complexity index is 676. The molecule has 3 nitrogen and oxygen atoms in total. The maximum absolute atomic E-state index is 12.7. The van der Waals surface area contributed by atoms with E-state index in [1.807, 2.05) is 6.07 Å². The van der Waals surface area contributed by atoms with Crippen molar-refractivity contribution in [1.82, 2.24) is 0 Å². The van der Waals surface area contributed by atoms with Crippen molar-refractivity contribution in [2.45, 2.75) is 12.8 Å². The highest BCUT2D eigenvalue weighted by molar-refractivity contribution is 5.93. The molecule has 2 rings (SSSR count). The standard InChI is InChI=1S/C19H17FO3/c20-17-11-8-15(9-12-17)10-13-18(21)7-4-14-23-19(22)16-5-2-1-3-6-16/h1-3,5-6,8-13H,4,7,14H2/b13-10+. The molecular weight excluding hydrogens is 295 g/mol. The van der Waals surface area contributed by atoms with Gasteiger partial charge in [0.15, 0.2) is 5.78 Å². The summed E-state index contributed by atoms with van der Waals surface area (Å²) in [5.41, 5.74) is 1.25. The number of benzene rings is 2. The van der Waals surface area contributed by atoms with Crippen LogP contribution in [0.25, 0.3) is 6.08 Å². The summed E-state index contributed by atoms with van der Waals surface area (Å²) in [6.07, 6.45) is 3.84. The Kier molecular flexibility index (Phi) is 6.24. The van der Waals surface area contributed by atoms with Gasteiger partial charge in [0.05, 0.1) is 12.2 Å². The van der Waals surface area contributed by atoms with Crippen LogP contribution in [0.3, 0.4) is 0 Å². The molecule has 0 N–H and O–H groups in total. The highest BCUT2D eigenvalue weighted by Gasteiger charge is 2.05. The smallest absolute Gasteiger partial charge is 0.338 e. The summed E-state index contributed by atoms with van der Waals surface area (Å²) in [4.78, 5) is 23.4. The average Bonchev–Trinajstić information content (AvgIpc) is 2.59. The molecule has 0 bridgehead atoms. The fourth-order valence-electron chi connectivity index (χ4n) is 1.92. The zero-order chi connectivity index (χ0) is 16.5. The summed E-state index contributed by atoms with van der Waals surface area (Å²) >= 11 is 0. The van der Waals surface area contributed by atoms with E-state index in [9.17, 15) is 14.0 Å². The van der Waals surface area contributed by atoms with Crippen LogP contribution in [0.4, 0.5) is 4.39 Å². The van der Waals surface area contributed by atoms with Crippen LogP contribution in [-0.2, 0) is 9.53 Å². The van der Waals surface area contributed by atoms with Gasteiger partial charge in [-0.25, -0.2) is 9.18 Å². The molecule has 0 aliphatic carbocycles. The van der Waals surface area contributed by atoms with Gasteiger partial charge in [0.25, 0.3) is 0 Å². The molecule has 118 valence electrons. The lowest BCUT2D eigenvalue weighted by molar-refractivity contribution is -0.114. The Morgan fingerprint density at radius 3 is 2.39 bits per heavy atom. The predicted molar refractivity (Wildman–Crippen MR) is 86.4 cm³/mol. The zero-order valence-corrected chi connectivity index (χ0v) is 12.6. The molecule has 0 aliphatic heterocycles. The molecule has 0 saturated heterocycles. The van der Waals surface area contributed by atoms with Gasteiger partial charge in [-0.1, -0.05) is 36.4 Å². The van der Waals surface area contributed by atoms with Gasteiger partial charge in [-0.05, 0) is 42.3 Å². The average molecular weight is 312 g/mol. The quantitative estimate of drug-likeness (QED) is 0.440. The van der Waals surface area contributed by atoms with Crippen molar-refractivity contribution in [3.8, 4) is 0 Å². The third-order valence-corrected chi connectivity index (χ3v) is 3.14. The van der Waals surface area contributed by atoms with Gasteiger partial charge in [0, 0.05) is 6.42 Å². The topological polar surface area (TPSA) is 43.4 Å². The molecule has 0 aliphatic rings. The van der Waals surface area contributed by atoms with Gasteiger partial charge < -0.3 is 4.74 Å². The molecule has 0 spiro atoms. The van der Waals surface area contributed by atoms with Crippen molar-refractivity contribution in [2.24, 2.45) is 0 Å². The van der Waals surface area contributed by atoms with E-state index in [4.69, 9.17) is 4.74 Å². The van der Waals surface area contributed by atoms with Gasteiger partial charge >= 0.3 is 5.97 Å². The number of ether oxygens (including phenoxy) is 1. The molecule has 0 aromatic heterocycles. The second-order valence-electron chi connectivity index (χ2n) is 4.96. The van der Waals surface area contributed by atoms with E-state index in [0.717, 1.165) is 5.56 Å². The first-order valence-corrected chi connectivity index (χ1v) is 7.34. The van der Waals surface area contributed by atoms with Crippen LogP contribution < -0.4 is 0 Å². The number of esters is 1. The normalized spacial score (nSPS) is 10.7. The number of allylic oxidation sites excluding steroid dienone is 1. The molecule has 2 aromatic rings. The van der Waals surface area contributed by atoms with Gasteiger partial charge in [-0.3, -0.25) is 4.79 Å². The van der Waals surface area contributed by atoms with Crippen molar-refractivity contribution < 1.29 is 18.7 Å². The maximum Gasteiger partial charge on any atom is 0.338 e. The van der Waals surface area contributed by atoms with Crippen molar-refractivity contribution >= 4 is 17.8 Å². The molecule has 0 atom stereocenters. The van der Waals surface area contributed by atoms with E-state index < -0.39 is 0 Å². The lowest BCUT2D eigenvalue weighted by Gasteiger charge is -2.03. The van der Waals surface area contributed by atoms with E-state index in [1.54, 1.807) is 42.5 Å². The van der Waals surface area contributed by atoms with Crippen molar-refractivity contribution in [2.75, 3.05) is 6.61 Å². The molecule has 4 heteroatoms. The summed E-state index contributed by atoms with van der Waals surface area (Å²) in [6.45, 7) is 0.198. The lowest BCUT2D eigenvalue weighted by Crippen LogP contribution is -2.07. The van der Waals surface area contributed by atoms with E-state index in [2.05, 4.69) is 0 Å². The van der Waals surface area contributed by atoms with E-state index >= 15 is 0 Å². The fourth-order valence-corrected chi connectivity index (χ4v) is 1.92. The summed E-state index contributed by atoms with van der Waals surface area (Å²) in [7, 11) is 0. The summed E-state index contributed by atoms with van der Waals surface area (Å²) < 4.78 is 17.8. The summed E-state index contributed by atoms with van der Waals surface area (Å²) in [5, 5.41) is 0. The second-order valence-corrected chi connectivity index (χ2v) is 4.96. The van der Waals surface area contributed by atoms with Crippen LogP contribution in [-0.4, -0.2) is 18.4 Å². The highest BCUT2D eigenvalue weighted by Crippen LogP contribution is 2.06. The van der Waals surface area contributed by atoms with Gasteiger partial charge in [-0.15, -0.1) is 0 Å². The van der Waals surface area contributed by atoms with E-state index in [1.165, 1.54) is 18.2 Å². The van der Waals surface area contributed by atoms with Crippen molar-refractivity contribution in [3.63, 3.8) is 0 Å². The first-order valence-electron chi connectivity index (χ1n) is 7.34. The molecule has 0 saturated carbocycles. The second kappa shape index (κ2) is 8.63. The van der Waals surface area contributed by atoms with Crippen LogP contribution in [0.2, 0.25) is 0 Å². The maximum atomic E-state index is 12.7. The predicted octanol–water partition coefficient (Wildman–Crippen LogP) is 4.05. The molecule has 0 amide bonds. The van der Waals surface area contributed by atoms with Crippen LogP contribution in [0.5, 0.6) is 0 Å². The lowest BCUT2D eigenvalue weighted by atomic mass is 10.1. The first kappa shape index (κ1) is 16.6. The summed E-state index contributed by atoms with van der Waals surface area (Å²) in [5.74, 6) is -0.765. The monoisotopic (exact) mass is 312 g/mol. The zero-order valence-electron chi connectivity index (χ0n) is 12.6. The number of ketones is 1. The summed E-state index contributed by atoms with van der Waals surface area (Å²) in [6, 6.07) is 14.6. The Morgan fingerprint density at radius 1 is 1.00 bits per heavy atom. The number of carbonyl (C=O) groups is 2. The Morgan fingerprint density at radius 2 is 1.70 bits per heavy atom. The van der Waals surface area contributed by atoms with Crippen LogP contribution >= 0.6 is 0 Å². The minimum absolute atomic E-state index is 0.0647. The SMILES string of the molecule is O=C(/C=C/c1ccc(F)cc1)CCCOC(=O)c1ccccc1. The van der Waals surface area contributed by atoms with Crippen molar-refractivity contribution in [3.05, 3.63) is 77.6 Å². The Hall–Kier alpha value is -2.75. The van der Waals surface area contributed by atoms with Crippen LogP contribution in [0.15, 0.2) is 60.7 Å². The van der Waals surface area contributed by atoms with E-state index in [-0.39, 0.29) is 24.2 Å². The van der Waals surface area contributed by atoms with Crippen LogP contribution in [0, 0.1) is 5.82 Å². The van der Waals surface area contributed by atoms with E-state index in [0.29, 0.717) is 18.4 Å². The third-order valence-electron chi connectivity index (χ3n) is 3.14. The molecule has 23 heavy (non-hydrogen) atoms. The number of carbonyl (C=O) groups excluding carboxylic acids is 2. The highest BCUT2D eigenvalue weighted by atomic mass is 19.1. The largest absolute Gasteiger partial charge is 0.462 e. The third kappa shape index (κ3) is 5.87. The molecule has 0 fully saturated rings. The Labute approximate surface area is 134 Å². The Balaban J connectivity index is 1.69. The van der Waals surface area contributed by atoms with Gasteiger partial charge in [0.2, 0.25) is 0 Å². The molecule has 0 heterocycles. The van der Waals surface area contributed by atoms with Gasteiger partial charge in [-0.2, -0.15) is 0 Å².